The summed E-state index contributed by atoms with van der Waals surface area (Å²) < 4.78 is 0. The van der Waals surface area contributed by atoms with Crippen molar-refractivity contribution in [3.05, 3.63) is 11.6 Å². The highest BCUT2D eigenvalue weighted by atomic mass is 14.5. The molecule has 0 amide bonds. The van der Waals surface area contributed by atoms with Gasteiger partial charge in [0.1, 0.15) is 0 Å². The molecule has 1 aliphatic carbocycles. The highest BCUT2D eigenvalue weighted by Crippen LogP contribution is 2.24. The predicted octanol–water partition coefficient (Wildman–Crippen LogP) is 2.08. The molecule has 0 aromatic carbocycles. The van der Waals surface area contributed by atoms with Gasteiger partial charge in [-0.3, -0.25) is 0 Å². The first-order chi connectivity index (χ1) is 4.83. The van der Waals surface area contributed by atoms with E-state index in [1.54, 1.807) is 5.57 Å². The summed E-state index contributed by atoms with van der Waals surface area (Å²) in [6, 6.07) is 0. The number of rotatable bonds is 2. The van der Waals surface area contributed by atoms with Crippen LogP contribution in [0, 0.1) is 5.92 Å². The molecule has 0 saturated heterocycles. The lowest BCUT2D eigenvalue weighted by atomic mass is 9.88. The Morgan fingerprint density at radius 1 is 1.70 bits per heavy atom. The van der Waals surface area contributed by atoms with Gasteiger partial charge in [-0.15, -0.1) is 0 Å². The third kappa shape index (κ3) is 2.14. The topological polar surface area (TPSA) is 26.0 Å². The largest absolute Gasteiger partial charge is 0.330 e. The van der Waals surface area contributed by atoms with Crippen molar-refractivity contribution in [2.45, 2.75) is 32.6 Å². The van der Waals surface area contributed by atoms with Gasteiger partial charge in [-0.25, -0.2) is 0 Å². The van der Waals surface area contributed by atoms with E-state index < -0.39 is 0 Å². The molecule has 0 heterocycles. The van der Waals surface area contributed by atoms with Gasteiger partial charge in [-0.2, -0.15) is 0 Å². The van der Waals surface area contributed by atoms with Crippen molar-refractivity contribution in [2.24, 2.45) is 11.7 Å². The van der Waals surface area contributed by atoms with Crippen molar-refractivity contribution in [1.29, 1.82) is 0 Å². The van der Waals surface area contributed by atoms with Crippen LogP contribution in [-0.4, -0.2) is 6.54 Å². The minimum Gasteiger partial charge on any atom is -0.330 e. The van der Waals surface area contributed by atoms with Crippen LogP contribution in [0.5, 0.6) is 0 Å². The lowest BCUT2D eigenvalue weighted by molar-refractivity contribution is 0.443. The Labute approximate surface area is 63.3 Å². The molecule has 0 aromatic rings. The van der Waals surface area contributed by atoms with E-state index in [1.165, 1.54) is 25.7 Å². The summed E-state index contributed by atoms with van der Waals surface area (Å²) in [5.74, 6) is 0.883. The number of hydrogen-bond donors (Lipinski definition) is 1. The molecular formula is C9H17N. The fourth-order valence-electron chi connectivity index (χ4n) is 1.52. The first kappa shape index (κ1) is 7.80. The van der Waals surface area contributed by atoms with Crippen LogP contribution in [0.15, 0.2) is 11.6 Å². The zero-order valence-corrected chi connectivity index (χ0v) is 6.77. The first-order valence-corrected chi connectivity index (χ1v) is 4.18. The molecule has 2 N–H and O–H groups in total. The second-order valence-electron chi connectivity index (χ2n) is 3.27. The summed E-state index contributed by atoms with van der Waals surface area (Å²) in [5, 5.41) is 0. The van der Waals surface area contributed by atoms with Gasteiger partial charge >= 0.3 is 0 Å². The summed E-state index contributed by atoms with van der Waals surface area (Å²) in [7, 11) is 0. The average molecular weight is 139 g/mol. The Hall–Kier alpha value is -0.300. The van der Waals surface area contributed by atoms with Crippen LogP contribution in [0.4, 0.5) is 0 Å². The average Bonchev–Trinajstić information content (AvgIpc) is 1.95. The summed E-state index contributed by atoms with van der Waals surface area (Å²) in [5.41, 5.74) is 7.04. The van der Waals surface area contributed by atoms with Crippen LogP contribution in [0.25, 0.3) is 0 Å². The Bertz CT molecular complexity index is 127. The molecule has 1 atom stereocenters. The molecule has 0 radical (unpaired) electrons. The van der Waals surface area contributed by atoms with Gasteiger partial charge in [-0.05, 0) is 45.1 Å². The molecule has 1 aliphatic rings. The smallest absolute Gasteiger partial charge is 0.00745 e. The number of allylic oxidation sites excluding steroid dienone is 2. The quantitative estimate of drug-likeness (QED) is 0.582. The van der Waals surface area contributed by atoms with Crippen molar-refractivity contribution in [3.8, 4) is 0 Å². The van der Waals surface area contributed by atoms with Gasteiger partial charge in [0.2, 0.25) is 0 Å². The van der Waals surface area contributed by atoms with Crippen molar-refractivity contribution < 1.29 is 0 Å². The van der Waals surface area contributed by atoms with Crippen LogP contribution in [0.3, 0.4) is 0 Å². The number of hydrogen-bond acceptors (Lipinski definition) is 1. The molecule has 0 aliphatic heterocycles. The zero-order valence-electron chi connectivity index (χ0n) is 6.77. The molecule has 1 rings (SSSR count). The lowest BCUT2D eigenvalue weighted by Crippen LogP contribution is -2.10. The molecule has 0 spiro atoms. The fourth-order valence-corrected chi connectivity index (χ4v) is 1.52. The van der Waals surface area contributed by atoms with E-state index in [0.717, 1.165) is 12.5 Å². The third-order valence-electron chi connectivity index (χ3n) is 2.32. The third-order valence-corrected chi connectivity index (χ3v) is 2.32. The standard InChI is InChI=1S/C9H17N/c1-8-2-4-9(5-3-8)6-7-10/h2,9H,3-7,10H2,1H3. The van der Waals surface area contributed by atoms with E-state index in [-0.39, 0.29) is 0 Å². The van der Waals surface area contributed by atoms with Crippen LogP contribution in [-0.2, 0) is 0 Å². The van der Waals surface area contributed by atoms with Gasteiger partial charge in [0.05, 0.1) is 0 Å². The van der Waals surface area contributed by atoms with Gasteiger partial charge < -0.3 is 5.73 Å². The maximum atomic E-state index is 5.47. The van der Waals surface area contributed by atoms with Gasteiger partial charge in [-0.1, -0.05) is 11.6 Å². The summed E-state index contributed by atoms with van der Waals surface area (Å²) >= 11 is 0. The Morgan fingerprint density at radius 3 is 3.00 bits per heavy atom. The van der Waals surface area contributed by atoms with Crippen LogP contribution >= 0.6 is 0 Å². The van der Waals surface area contributed by atoms with Crippen LogP contribution in [0.2, 0.25) is 0 Å². The Balaban J connectivity index is 2.27. The van der Waals surface area contributed by atoms with Gasteiger partial charge in [0.25, 0.3) is 0 Å². The summed E-state index contributed by atoms with van der Waals surface area (Å²) in [6.07, 6.45) is 7.50. The molecule has 0 bridgehead atoms. The van der Waals surface area contributed by atoms with Crippen molar-refractivity contribution in [3.63, 3.8) is 0 Å². The first-order valence-electron chi connectivity index (χ1n) is 4.18. The van der Waals surface area contributed by atoms with Crippen molar-refractivity contribution in [2.75, 3.05) is 6.54 Å². The van der Waals surface area contributed by atoms with E-state index in [2.05, 4.69) is 13.0 Å². The van der Waals surface area contributed by atoms with Gasteiger partial charge in [0, 0.05) is 0 Å². The molecule has 58 valence electrons. The van der Waals surface area contributed by atoms with Crippen LogP contribution < -0.4 is 5.73 Å². The second-order valence-corrected chi connectivity index (χ2v) is 3.27. The SMILES string of the molecule is CC1=CCC(CCN)CC1. The van der Waals surface area contributed by atoms with E-state index in [1.807, 2.05) is 0 Å². The Morgan fingerprint density at radius 2 is 2.50 bits per heavy atom. The normalized spacial score (nSPS) is 26.2. The fraction of sp³-hybridized carbons (Fsp3) is 0.778. The minimum atomic E-state index is 0.859. The molecule has 1 nitrogen and oxygen atoms in total. The zero-order chi connectivity index (χ0) is 7.40. The predicted molar refractivity (Wildman–Crippen MR) is 44.8 cm³/mol. The molecule has 0 fully saturated rings. The van der Waals surface area contributed by atoms with E-state index >= 15 is 0 Å². The summed E-state index contributed by atoms with van der Waals surface area (Å²) in [4.78, 5) is 0. The monoisotopic (exact) mass is 139 g/mol. The minimum absolute atomic E-state index is 0.859. The lowest BCUT2D eigenvalue weighted by Gasteiger charge is -2.18. The van der Waals surface area contributed by atoms with Crippen LogP contribution in [0.1, 0.15) is 32.6 Å². The molecule has 1 heteroatoms. The van der Waals surface area contributed by atoms with Crippen molar-refractivity contribution >= 4 is 0 Å². The maximum Gasteiger partial charge on any atom is -0.00745 e. The second kappa shape index (κ2) is 3.77. The van der Waals surface area contributed by atoms with E-state index in [9.17, 15) is 0 Å². The molecular weight excluding hydrogens is 122 g/mol. The van der Waals surface area contributed by atoms with Crippen molar-refractivity contribution in [1.82, 2.24) is 0 Å². The maximum absolute atomic E-state index is 5.47. The molecule has 10 heavy (non-hydrogen) atoms. The van der Waals surface area contributed by atoms with E-state index in [0.29, 0.717) is 0 Å². The van der Waals surface area contributed by atoms with E-state index in [4.69, 9.17) is 5.73 Å². The highest BCUT2D eigenvalue weighted by molar-refractivity contribution is 5.02. The highest BCUT2D eigenvalue weighted by Gasteiger charge is 2.10. The molecule has 0 saturated carbocycles. The summed E-state index contributed by atoms with van der Waals surface area (Å²) in [6.45, 7) is 3.08. The number of nitrogens with two attached hydrogens (primary N) is 1. The molecule has 1 unspecified atom stereocenters. The Kier molecular flexibility index (Phi) is 2.94. The van der Waals surface area contributed by atoms with Gasteiger partial charge in [0.15, 0.2) is 0 Å². The molecule has 0 aromatic heterocycles.